The maximum atomic E-state index is 6.60. The number of fused-ring (bicyclic) bond motifs is 6. The number of rotatable bonds is 6. The molecule has 8 aromatic carbocycles. The summed E-state index contributed by atoms with van der Waals surface area (Å²) in [5.41, 5.74) is 15.7. The van der Waals surface area contributed by atoms with E-state index in [0.717, 1.165) is 50.0 Å². The van der Waals surface area contributed by atoms with Crippen LogP contribution in [-0.4, -0.2) is 9.97 Å². The number of hydrogen-bond acceptors (Lipinski definition) is 4. The Balaban J connectivity index is 1.01. The maximum absolute atomic E-state index is 6.60. The van der Waals surface area contributed by atoms with Crippen LogP contribution >= 0.6 is 11.3 Å². The van der Waals surface area contributed by atoms with E-state index < -0.39 is 0 Å². The first kappa shape index (κ1) is 32.3. The minimum atomic E-state index is 0.689. The second-order valence-corrected chi connectivity index (χ2v) is 15.2. The van der Waals surface area contributed by atoms with Gasteiger partial charge in [-0.15, -0.1) is 11.3 Å². The molecule has 0 aliphatic rings. The van der Waals surface area contributed by atoms with Crippen molar-refractivity contribution in [1.82, 2.24) is 9.97 Å². The van der Waals surface area contributed by atoms with Crippen LogP contribution in [0.2, 0.25) is 0 Å². The third-order valence-electron chi connectivity index (χ3n) is 10.8. The molecule has 262 valence electrons. The van der Waals surface area contributed by atoms with Gasteiger partial charge in [-0.2, -0.15) is 0 Å². The topological polar surface area (TPSA) is 38.9 Å². The van der Waals surface area contributed by atoms with Gasteiger partial charge < -0.3 is 4.42 Å². The Morgan fingerprint density at radius 1 is 0.375 bits per heavy atom. The first-order valence-corrected chi connectivity index (χ1v) is 19.6. The second kappa shape index (κ2) is 13.3. The molecule has 0 amide bonds. The van der Waals surface area contributed by atoms with Crippen molar-refractivity contribution in [3.63, 3.8) is 0 Å². The van der Waals surface area contributed by atoms with Crippen LogP contribution in [0.1, 0.15) is 0 Å². The average molecular weight is 733 g/mol. The number of furan rings is 1. The molecule has 0 saturated heterocycles. The Morgan fingerprint density at radius 2 is 0.929 bits per heavy atom. The summed E-state index contributed by atoms with van der Waals surface area (Å²) >= 11 is 1.84. The van der Waals surface area contributed by atoms with Gasteiger partial charge in [0.05, 0.1) is 0 Å². The summed E-state index contributed by atoms with van der Waals surface area (Å²) in [6.45, 7) is 0. The molecule has 0 N–H and O–H groups in total. The standard InChI is InChI=1S/C52H32N2OS/c1-3-11-33(12-4-1)35-21-23-36(24-22-35)41-28-40(34-13-5-2-6-14-34)29-42(30-41)37-25-26-47-46(31-37)50-51(55-47)49(53-32-54-50)39-16-9-15-38(27-39)43-18-10-19-45-44-17-7-8-20-48(44)56-52(43)45/h1-32H. The number of nitrogens with zero attached hydrogens (tertiary/aromatic N) is 2. The van der Waals surface area contributed by atoms with Crippen molar-refractivity contribution in [3.8, 4) is 66.9 Å². The molecule has 0 fully saturated rings. The van der Waals surface area contributed by atoms with E-state index in [0.29, 0.717) is 5.58 Å². The quantitative estimate of drug-likeness (QED) is 0.171. The molecule has 4 heteroatoms. The molecule has 0 bridgehead atoms. The van der Waals surface area contributed by atoms with Crippen LogP contribution in [0.5, 0.6) is 0 Å². The fourth-order valence-corrected chi connectivity index (χ4v) is 9.25. The van der Waals surface area contributed by atoms with E-state index in [1.54, 1.807) is 6.33 Å². The lowest BCUT2D eigenvalue weighted by Gasteiger charge is -2.12. The fourth-order valence-electron chi connectivity index (χ4n) is 8.01. The SMILES string of the molecule is c1ccc(-c2ccc(-c3cc(-c4ccccc4)cc(-c4ccc5oc6c(-c7cccc(-c8cccc9c8sc8ccccc89)c7)ncnc6c5c4)c3)cc2)cc1. The maximum Gasteiger partial charge on any atom is 0.180 e. The summed E-state index contributed by atoms with van der Waals surface area (Å²) in [5, 5.41) is 3.55. The molecule has 0 atom stereocenters. The first-order valence-electron chi connectivity index (χ1n) is 18.8. The molecule has 0 spiro atoms. The minimum Gasteiger partial charge on any atom is -0.452 e. The molecule has 0 saturated carbocycles. The Labute approximate surface area is 327 Å². The molecule has 3 nitrogen and oxygen atoms in total. The molecular formula is C52H32N2OS. The summed E-state index contributed by atoms with van der Waals surface area (Å²) in [5.74, 6) is 0. The van der Waals surface area contributed by atoms with E-state index in [1.165, 1.54) is 53.6 Å². The van der Waals surface area contributed by atoms with E-state index >= 15 is 0 Å². The Kier molecular flexibility index (Phi) is 7.68. The van der Waals surface area contributed by atoms with Crippen LogP contribution in [0, 0.1) is 0 Å². The molecule has 0 radical (unpaired) electrons. The van der Waals surface area contributed by atoms with E-state index in [1.807, 2.05) is 11.3 Å². The van der Waals surface area contributed by atoms with Crippen molar-refractivity contribution >= 4 is 53.6 Å². The molecule has 0 aliphatic heterocycles. The third-order valence-corrected chi connectivity index (χ3v) is 12.0. The zero-order valence-corrected chi connectivity index (χ0v) is 31.0. The van der Waals surface area contributed by atoms with Gasteiger partial charge in [0, 0.05) is 31.1 Å². The van der Waals surface area contributed by atoms with Crippen LogP contribution < -0.4 is 0 Å². The summed E-state index contributed by atoms with van der Waals surface area (Å²) < 4.78 is 9.18. The lowest BCUT2D eigenvalue weighted by molar-refractivity contribution is 0.667. The highest BCUT2D eigenvalue weighted by Crippen LogP contribution is 2.42. The summed E-state index contributed by atoms with van der Waals surface area (Å²) in [6.07, 6.45) is 1.66. The fraction of sp³-hybridized carbons (Fsp3) is 0. The predicted octanol–water partition coefficient (Wildman–Crippen LogP) is 14.7. The van der Waals surface area contributed by atoms with Crippen molar-refractivity contribution < 1.29 is 4.42 Å². The molecule has 11 rings (SSSR count). The Morgan fingerprint density at radius 3 is 1.70 bits per heavy atom. The lowest BCUT2D eigenvalue weighted by atomic mass is 9.92. The second-order valence-electron chi connectivity index (χ2n) is 14.2. The van der Waals surface area contributed by atoms with Crippen LogP contribution in [0.15, 0.2) is 199 Å². The summed E-state index contributed by atoms with van der Waals surface area (Å²) in [7, 11) is 0. The highest BCUT2D eigenvalue weighted by Gasteiger charge is 2.18. The Hall–Kier alpha value is -7.14. The van der Waals surface area contributed by atoms with Crippen LogP contribution in [0.25, 0.3) is 109 Å². The van der Waals surface area contributed by atoms with Crippen molar-refractivity contribution in [2.75, 3.05) is 0 Å². The van der Waals surface area contributed by atoms with Crippen LogP contribution in [-0.2, 0) is 0 Å². The van der Waals surface area contributed by atoms with Gasteiger partial charge in [-0.3, -0.25) is 0 Å². The zero-order chi connectivity index (χ0) is 37.0. The normalized spacial score (nSPS) is 11.6. The largest absolute Gasteiger partial charge is 0.452 e. The lowest BCUT2D eigenvalue weighted by Crippen LogP contribution is -1.88. The van der Waals surface area contributed by atoms with Gasteiger partial charge >= 0.3 is 0 Å². The predicted molar refractivity (Wildman–Crippen MR) is 235 cm³/mol. The molecule has 0 unspecified atom stereocenters. The van der Waals surface area contributed by atoms with E-state index in [-0.39, 0.29) is 0 Å². The molecule has 3 heterocycles. The first-order chi connectivity index (χ1) is 27.7. The van der Waals surface area contributed by atoms with Gasteiger partial charge in [0.15, 0.2) is 5.58 Å². The van der Waals surface area contributed by atoms with Crippen molar-refractivity contribution in [3.05, 3.63) is 194 Å². The molecular weight excluding hydrogens is 701 g/mol. The smallest absolute Gasteiger partial charge is 0.180 e. The number of aromatic nitrogens is 2. The number of thiophene rings is 1. The van der Waals surface area contributed by atoms with E-state index in [4.69, 9.17) is 14.4 Å². The highest BCUT2D eigenvalue weighted by molar-refractivity contribution is 7.26. The van der Waals surface area contributed by atoms with Gasteiger partial charge in [0.2, 0.25) is 0 Å². The highest BCUT2D eigenvalue weighted by atomic mass is 32.1. The number of benzene rings is 8. The van der Waals surface area contributed by atoms with Gasteiger partial charge in [0.1, 0.15) is 23.1 Å². The van der Waals surface area contributed by atoms with Crippen molar-refractivity contribution in [1.29, 1.82) is 0 Å². The van der Waals surface area contributed by atoms with Gasteiger partial charge in [-0.25, -0.2) is 9.97 Å². The molecule has 56 heavy (non-hydrogen) atoms. The minimum absolute atomic E-state index is 0.689. The van der Waals surface area contributed by atoms with E-state index in [2.05, 4.69) is 188 Å². The average Bonchev–Trinajstić information content (AvgIpc) is 3.85. The van der Waals surface area contributed by atoms with Gasteiger partial charge in [0.25, 0.3) is 0 Å². The van der Waals surface area contributed by atoms with Crippen molar-refractivity contribution in [2.24, 2.45) is 0 Å². The molecule has 3 aromatic heterocycles. The van der Waals surface area contributed by atoms with Gasteiger partial charge in [-0.1, -0.05) is 146 Å². The molecule has 11 aromatic rings. The Bertz CT molecular complexity index is 3240. The third kappa shape index (κ3) is 5.58. The van der Waals surface area contributed by atoms with Crippen molar-refractivity contribution in [2.45, 2.75) is 0 Å². The number of hydrogen-bond donors (Lipinski definition) is 0. The van der Waals surface area contributed by atoms with Crippen LogP contribution in [0.4, 0.5) is 0 Å². The molecule has 0 aliphatic carbocycles. The summed E-state index contributed by atoms with van der Waals surface area (Å²) in [4.78, 5) is 9.59. The summed E-state index contributed by atoms with van der Waals surface area (Å²) in [6, 6.07) is 67.1. The van der Waals surface area contributed by atoms with Crippen LogP contribution in [0.3, 0.4) is 0 Å². The zero-order valence-electron chi connectivity index (χ0n) is 30.2. The van der Waals surface area contributed by atoms with E-state index in [9.17, 15) is 0 Å². The van der Waals surface area contributed by atoms with Gasteiger partial charge in [-0.05, 0) is 98.1 Å². The monoisotopic (exact) mass is 732 g/mol.